The highest BCUT2D eigenvalue weighted by Crippen LogP contribution is 2.24. The lowest BCUT2D eigenvalue weighted by Crippen LogP contribution is -2.30. The van der Waals surface area contributed by atoms with Crippen LogP contribution in [-0.4, -0.2) is 36.1 Å². The molecule has 1 aromatic rings. The molecular formula is C12H14F3NO2S. The zero-order valence-electron chi connectivity index (χ0n) is 10.2. The van der Waals surface area contributed by atoms with Gasteiger partial charge in [-0.1, -0.05) is 12.1 Å². The molecule has 106 valence electrons. The number of aliphatic hydroxyl groups excluding tert-OH is 1. The largest absolute Gasteiger partial charge is 0.415 e. The maximum absolute atomic E-state index is 12.1. The van der Waals surface area contributed by atoms with Crippen LogP contribution in [0.1, 0.15) is 15.9 Å². The Hall–Kier alpha value is -1.21. The van der Waals surface area contributed by atoms with E-state index in [-0.39, 0.29) is 5.91 Å². The van der Waals surface area contributed by atoms with Gasteiger partial charge in [-0.3, -0.25) is 4.79 Å². The molecule has 0 bridgehead atoms. The van der Waals surface area contributed by atoms with Gasteiger partial charge in [0.15, 0.2) is 6.10 Å². The van der Waals surface area contributed by atoms with Gasteiger partial charge in [0.2, 0.25) is 0 Å². The number of carbonyl (C=O) groups is 1. The van der Waals surface area contributed by atoms with Crippen molar-refractivity contribution in [1.82, 2.24) is 5.32 Å². The average molecular weight is 293 g/mol. The Morgan fingerprint density at radius 3 is 2.74 bits per heavy atom. The van der Waals surface area contributed by atoms with Crippen molar-refractivity contribution in [1.29, 1.82) is 0 Å². The van der Waals surface area contributed by atoms with Crippen LogP contribution in [0.15, 0.2) is 24.3 Å². The van der Waals surface area contributed by atoms with E-state index in [2.05, 4.69) is 5.32 Å². The molecule has 7 heteroatoms. The Labute approximate surface area is 113 Å². The molecule has 1 atom stereocenters. The lowest BCUT2D eigenvalue weighted by Gasteiger charge is -2.13. The van der Waals surface area contributed by atoms with Crippen molar-refractivity contribution in [2.45, 2.75) is 18.0 Å². The van der Waals surface area contributed by atoms with Crippen LogP contribution in [0, 0.1) is 0 Å². The molecule has 0 heterocycles. The molecule has 0 aliphatic rings. The first-order chi connectivity index (χ1) is 8.84. The Morgan fingerprint density at radius 2 is 2.16 bits per heavy atom. The number of nitrogens with one attached hydrogen (secondary N) is 1. The Balaban J connectivity index is 2.52. The normalized spacial score (nSPS) is 13.1. The van der Waals surface area contributed by atoms with Gasteiger partial charge in [-0.25, -0.2) is 0 Å². The molecule has 0 radical (unpaired) electrons. The molecule has 0 aliphatic heterocycles. The van der Waals surface area contributed by atoms with Crippen LogP contribution < -0.4 is 5.32 Å². The van der Waals surface area contributed by atoms with Gasteiger partial charge in [-0.2, -0.15) is 24.9 Å². The monoisotopic (exact) mass is 293 g/mol. The van der Waals surface area contributed by atoms with Crippen LogP contribution in [0.4, 0.5) is 13.2 Å². The summed E-state index contributed by atoms with van der Waals surface area (Å²) in [6.45, 7) is 0. The highest BCUT2D eigenvalue weighted by Gasteiger charge is 2.37. The third-order valence-electron chi connectivity index (χ3n) is 2.34. The van der Waals surface area contributed by atoms with E-state index >= 15 is 0 Å². The van der Waals surface area contributed by atoms with Crippen molar-refractivity contribution in [2.75, 3.05) is 12.8 Å². The fraction of sp³-hybridized carbons (Fsp3) is 0.417. The number of aliphatic hydroxyl groups is 1. The maximum Gasteiger partial charge on any atom is 0.415 e. The number of hydrogen-bond acceptors (Lipinski definition) is 3. The Kier molecular flexibility index (Phi) is 5.68. The summed E-state index contributed by atoms with van der Waals surface area (Å²) in [7, 11) is 1.50. The predicted octanol–water partition coefficient (Wildman–Crippen LogP) is 2.20. The minimum Gasteiger partial charge on any atom is -0.383 e. The standard InChI is InChI=1S/C12H14F3NO2S/c1-16-11(18)9-4-2-3-8(5-9)6-19-7-10(17)12(13,14)15/h2-5,10,17H,6-7H2,1H3,(H,16,18)/t10-/m1/s1. The summed E-state index contributed by atoms with van der Waals surface area (Å²) in [5.41, 5.74) is 1.19. The van der Waals surface area contributed by atoms with E-state index < -0.39 is 18.0 Å². The predicted molar refractivity (Wildman–Crippen MR) is 68.1 cm³/mol. The second-order valence-corrected chi connectivity index (χ2v) is 4.88. The number of hydrogen-bond donors (Lipinski definition) is 2. The van der Waals surface area contributed by atoms with Crippen molar-refractivity contribution in [3.63, 3.8) is 0 Å². The van der Waals surface area contributed by atoms with Crippen molar-refractivity contribution >= 4 is 17.7 Å². The Bertz CT molecular complexity index is 437. The van der Waals surface area contributed by atoms with Crippen molar-refractivity contribution in [3.8, 4) is 0 Å². The number of halogens is 3. The van der Waals surface area contributed by atoms with Gasteiger partial charge >= 0.3 is 6.18 Å². The molecule has 0 aromatic heterocycles. The zero-order valence-corrected chi connectivity index (χ0v) is 11.0. The fourth-order valence-electron chi connectivity index (χ4n) is 1.33. The molecule has 0 aliphatic carbocycles. The lowest BCUT2D eigenvalue weighted by atomic mass is 10.1. The molecule has 2 N–H and O–H groups in total. The van der Waals surface area contributed by atoms with Crippen LogP contribution >= 0.6 is 11.8 Å². The second kappa shape index (κ2) is 6.81. The van der Waals surface area contributed by atoms with Gasteiger partial charge in [0, 0.05) is 24.1 Å². The molecule has 1 aromatic carbocycles. The number of thioether (sulfide) groups is 1. The minimum absolute atomic E-state index is 0.248. The summed E-state index contributed by atoms with van der Waals surface area (Å²) >= 11 is 0.968. The van der Waals surface area contributed by atoms with Crippen molar-refractivity contribution < 1.29 is 23.1 Å². The van der Waals surface area contributed by atoms with E-state index in [1.165, 1.54) is 7.05 Å². The van der Waals surface area contributed by atoms with Gasteiger partial charge < -0.3 is 10.4 Å². The average Bonchev–Trinajstić information content (AvgIpc) is 2.37. The zero-order chi connectivity index (χ0) is 14.5. The molecule has 0 saturated heterocycles. The molecule has 19 heavy (non-hydrogen) atoms. The minimum atomic E-state index is -4.59. The van der Waals surface area contributed by atoms with E-state index in [4.69, 9.17) is 5.11 Å². The highest BCUT2D eigenvalue weighted by molar-refractivity contribution is 7.98. The van der Waals surface area contributed by atoms with Gasteiger partial charge in [-0.15, -0.1) is 0 Å². The van der Waals surface area contributed by atoms with E-state index in [1.54, 1.807) is 24.3 Å². The second-order valence-electron chi connectivity index (χ2n) is 3.85. The third-order valence-corrected chi connectivity index (χ3v) is 3.43. The van der Waals surface area contributed by atoms with Crippen molar-refractivity contribution in [2.24, 2.45) is 0 Å². The summed E-state index contributed by atoms with van der Waals surface area (Å²) in [5, 5.41) is 11.3. The third kappa shape index (κ3) is 5.12. The van der Waals surface area contributed by atoms with E-state index in [1.807, 2.05) is 0 Å². The number of rotatable bonds is 5. The van der Waals surface area contributed by atoms with Gasteiger partial charge in [0.25, 0.3) is 5.91 Å². The van der Waals surface area contributed by atoms with Crippen LogP contribution in [0.3, 0.4) is 0 Å². The molecular weight excluding hydrogens is 279 g/mol. The molecule has 1 rings (SSSR count). The van der Waals surface area contributed by atoms with E-state index in [0.717, 1.165) is 17.3 Å². The SMILES string of the molecule is CNC(=O)c1cccc(CSC[C@@H](O)C(F)(F)F)c1. The number of benzene rings is 1. The van der Waals surface area contributed by atoms with Crippen molar-refractivity contribution in [3.05, 3.63) is 35.4 Å². The number of alkyl halides is 3. The quantitative estimate of drug-likeness (QED) is 0.875. The number of amides is 1. The Morgan fingerprint density at radius 1 is 1.47 bits per heavy atom. The first-order valence-electron chi connectivity index (χ1n) is 5.48. The van der Waals surface area contributed by atoms with Gasteiger partial charge in [0.05, 0.1) is 0 Å². The summed E-state index contributed by atoms with van der Waals surface area (Å²) in [5.74, 6) is -0.367. The van der Waals surface area contributed by atoms with Crippen LogP contribution in [0.25, 0.3) is 0 Å². The van der Waals surface area contributed by atoms with Gasteiger partial charge in [0.1, 0.15) is 0 Å². The molecule has 1 amide bonds. The maximum atomic E-state index is 12.1. The highest BCUT2D eigenvalue weighted by atomic mass is 32.2. The van der Waals surface area contributed by atoms with Crippen LogP contribution in [0.2, 0.25) is 0 Å². The topological polar surface area (TPSA) is 49.3 Å². The summed E-state index contributed by atoms with van der Waals surface area (Å²) in [4.78, 5) is 11.4. The molecule has 0 unspecified atom stereocenters. The summed E-state index contributed by atoms with van der Waals surface area (Å²) in [6, 6.07) is 6.63. The van der Waals surface area contributed by atoms with Crippen LogP contribution in [0.5, 0.6) is 0 Å². The van der Waals surface area contributed by atoms with E-state index in [0.29, 0.717) is 11.3 Å². The first kappa shape index (κ1) is 15.8. The molecule has 0 saturated carbocycles. The summed E-state index contributed by atoms with van der Waals surface area (Å²) < 4.78 is 36.2. The number of carbonyl (C=O) groups excluding carboxylic acids is 1. The first-order valence-corrected chi connectivity index (χ1v) is 6.63. The van der Waals surface area contributed by atoms with Gasteiger partial charge in [-0.05, 0) is 17.7 Å². The van der Waals surface area contributed by atoms with E-state index in [9.17, 15) is 18.0 Å². The van der Waals surface area contributed by atoms with Crippen LogP contribution in [-0.2, 0) is 5.75 Å². The molecule has 0 spiro atoms. The fourth-order valence-corrected chi connectivity index (χ4v) is 2.27. The summed E-state index contributed by atoms with van der Waals surface area (Å²) in [6.07, 6.45) is -6.91. The smallest absolute Gasteiger partial charge is 0.383 e. The molecule has 3 nitrogen and oxygen atoms in total. The molecule has 0 fully saturated rings. The lowest BCUT2D eigenvalue weighted by molar-refractivity contribution is -0.195.